The van der Waals surface area contributed by atoms with Crippen LogP contribution in [0.3, 0.4) is 0 Å². The lowest BCUT2D eigenvalue weighted by molar-refractivity contribution is 0.112. The predicted molar refractivity (Wildman–Crippen MR) is 79.0 cm³/mol. The first-order chi connectivity index (χ1) is 8.71. The first kappa shape index (κ1) is 14.6. The standard InChI is InChI=1S/C15H24N2O/c1-5-16(6-2)14-10-9-13(12-18)15(11-14)17(7-3)8-4/h9-12H,5-8H2,1-4H3. The zero-order valence-corrected chi connectivity index (χ0v) is 11.9. The van der Waals surface area contributed by atoms with Crippen molar-refractivity contribution in [3.05, 3.63) is 23.8 Å². The average molecular weight is 248 g/mol. The van der Waals surface area contributed by atoms with Crippen molar-refractivity contribution in [1.29, 1.82) is 0 Å². The summed E-state index contributed by atoms with van der Waals surface area (Å²) in [7, 11) is 0. The Hall–Kier alpha value is -1.51. The Kier molecular flexibility index (Phi) is 5.69. The molecule has 0 aliphatic heterocycles. The Morgan fingerprint density at radius 3 is 1.94 bits per heavy atom. The predicted octanol–water partition coefficient (Wildman–Crippen LogP) is 3.19. The maximum Gasteiger partial charge on any atom is 0.152 e. The smallest absolute Gasteiger partial charge is 0.152 e. The third-order valence-electron chi connectivity index (χ3n) is 3.37. The molecule has 0 spiro atoms. The van der Waals surface area contributed by atoms with Crippen LogP contribution in [0.2, 0.25) is 0 Å². The number of hydrogen-bond donors (Lipinski definition) is 0. The highest BCUT2D eigenvalue weighted by Gasteiger charge is 2.11. The van der Waals surface area contributed by atoms with Gasteiger partial charge in [0.15, 0.2) is 6.29 Å². The fourth-order valence-corrected chi connectivity index (χ4v) is 2.26. The van der Waals surface area contributed by atoms with Gasteiger partial charge in [-0.05, 0) is 45.9 Å². The second kappa shape index (κ2) is 7.04. The van der Waals surface area contributed by atoms with Crippen LogP contribution in [0.25, 0.3) is 0 Å². The summed E-state index contributed by atoms with van der Waals surface area (Å²) in [5.74, 6) is 0. The molecule has 3 heteroatoms. The number of carbonyl (C=O) groups is 1. The Morgan fingerprint density at radius 1 is 0.944 bits per heavy atom. The van der Waals surface area contributed by atoms with Crippen LogP contribution < -0.4 is 9.80 Å². The monoisotopic (exact) mass is 248 g/mol. The Bertz CT molecular complexity index is 382. The lowest BCUT2D eigenvalue weighted by Crippen LogP contribution is -2.25. The van der Waals surface area contributed by atoms with E-state index in [-0.39, 0.29) is 0 Å². The van der Waals surface area contributed by atoms with Crippen LogP contribution in [0.1, 0.15) is 38.1 Å². The van der Waals surface area contributed by atoms with E-state index in [4.69, 9.17) is 0 Å². The fraction of sp³-hybridized carbons (Fsp3) is 0.533. The lowest BCUT2D eigenvalue weighted by atomic mass is 10.1. The SMILES string of the molecule is CCN(CC)c1ccc(C=O)c(N(CC)CC)c1. The van der Waals surface area contributed by atoms with E-state index in [0.717, 1.165) is 43.7 Å². The summed E-state index contributed by atoms with van der Waals surface area (Å²) in [5, 5.41) is 0. The average Bonchev–Trinajstić information content (AvgIpc) is 2.42. The van der Waals surface area contributed by atoms with Crippen molar-refractivity contribution in [1.82, 2.24) is 0 Å². The first-order valence-electron chi connectivity index (χ1n) is 6.80. The summed E-state index contributed by atoms with van der Waals surface area (Å²) in [6.45, 7) is 12.3. The summed E-state index contributed by atoms with van der Waals surface area (Å²) in [6.07, 6.45) is 0.944. The van der Waals surface area contributed by atoms with Crippen LogP contribution in [-0.2, 0) is 0 Å². The van der Waals surface area contributed by atoms with E-state index < -0.39 is 0 Å². The maximum atomic E-state index is 11.1. The van der Waals surface area contributed by atoms with Crippen molar-refractivity contribution in [2.45, 2.75) is 27.7 Å². The van der Waals surface area contributed by atoms with E-state index in [0.29, 0.717) is 0 Å². The molecule has 1 aromatic rings. The molecule has 0 aromatic heterocycles. The second-order valence-electron chi connectivity index (χ2n) is 4.21. The van der Waals surface area contributed by atoms with Crippen LogP contribution in [0.4, 0.5) is 11.4 Å². The first-order valence-corrected chi connectivity index (χ1v) is 6.80. The van der Waals surface area contributed by atoms with Crippen molar-refractivity contribution in [2.24, 2.45) is 0 Å². The van der Waals surface area contributed by atoms with Crippen LogP contribution >= 0.6 is 0 Å². The summed E-state index contributed by atoms with van der Waals surface area (Å²) >= 11 is 0. The molecule has 18 heavy (non-hydrogen) atoms. The molecule has 0 saturated carbocycles. The molecule has 3 nitrogen and oxygen atoms in total. The quantitative estimate of drug-likeness (QED) is 0.692. The van der Waals surface area contributed by atoms with E-state index in [1.54, 1.807) is 0 Å². The van der Waals surface area contributed by atoms with E-state index in [9.17, 15) is 4.79 Å². The van der Waals surface area contributed by atoms with Gasteiger partial charge >= 0.3 is 0 Å². The molecular formula is C15H24N2O. The number of anilines is 2. The minimum absolute atomic E-state index is 0.773. The molecule has 0 heterocycles. The molecule has 100 valence electrons. The highest BCUT2D eigenvalue weighted by Crippen LogP contribution is 2.26. The highest BCUT2D eigenvalue weighted by molar-refractivity contribution is 5.86. The Morgan fingerprint density at radius 2 is 1.50 bits per heavy atom. The van der Waals surface area contributed by atoms with Gasteiger partial charge in [-0.2, -0.15) is 0 Å². The minimum atomic E-state index is 0.773. The fourth-order valence-electron chi connectivity index (χ4n) is 2.26. The number of benzene rings is 1. The number of carbonyl (C=O) groups excluding carboxylic acids is 1. The summed E-state index contributed by atoms with van der Waals surface area (Å²) < 4.78 is 0. The lowest BCUT2D eigenvalue weighted by Gasteiger charge is -2.27. The molecule has 0 saturated heterocycles. The van der Waals surface area contributed by atoms with E-state index in [1.807, 2.05) is 12.1 Å². The van der Waals surface area contributed by atoms with Gasteiger partial charge < -0.3 is 9.80 Å². The van der Waals surface area contributed by atoms with Gasteiger partial charge in [-0.15, -0.1) is 0 Å². The van der Waals surface area contributed by atoms with Crippen molar-refractivity contribution in [3.63, 3.8) is 0 Å². The number of rotatable bonds is 7. The van der Waals surface area contributed by atoms with Crippen LogP contribution in [0, 0.1) is 0 Å². The molecule has 0 aliphatic rings. The molecule has 0 radical (unpaired) electrons. The van der Waals surface area contributed by atoms with Gasteiger partial charge in [0, 0.05) is 43.1 Å². The van der Waals surface area contributed by atoms with Crippen LogP contribution in [0.15, 0.2) is 18.2 Å². The minimum Gasteiger partial charge on any atom is -0.372 e. The molecule has 0 aliphatic carbocycles. The molecule has 1 rings (SSSR count). The molecular weight excluding hydrogens is 224 g/mol. The van der Waals surface area contributed by atoms with Gasteiger partial charge in [-0.3, -0.25) is 4.79 Å². The normalized spacial score (nSPS) is 10.2. The van der Waals surface area contributed by atoms with Crippen molar-refractivity contribution < 1.29 is 4.79 Å². The second-order valence-corrected chi connectivity index (χ2v) is 4.21. The molecule has 0 bridgehead atoms. The van der Waals surface area contributed by atoms with Gasteiger partial charge in [-0.1, -0.05) is 0 Å². The molecule has 0 N–H and O–H groups in total. The van der Waals surface area contributed by atoms with Crippen molar-refractivity contribution in [3.8, 4) is 0 Å². The highest BCUT2D eigenvalue weighted by atomic mass is 16.1. The van der Waals surface area contributed by atoms with Gasteiger partial charge in [-0.25, -0.2) is 0 Å². The molecule has 0 amide bonds. The van der Waals surface area contributed by atoms with Crippen molar-refractivity contribution in [2.75, 3.05) is 36.0 Å². The molecule has 0 atom stereocenters. The van der Waals surface area contributed by atoms with Gasteiger partial charge in [0.25, 0.3) is 0 Å². The Balaban J connectivity index is 3.19. The number of aldehydes is 1. The number of nitrogens with zero attached hydrogens (tertiary/aromatic N) is 2. The zero-order chi connectivity index (χ0) is 13.5. The largest absolute Gasteiger partial charge is 0.372 e. The topological polar surface area (TPSA) is 23.6 Å². The van der Waals surface area contributed by atoms with Gasteiger partial charge in [0.1, 0.15) is 0 Å². The number of hydrogen-bond acceptors (Lipinski definition) is 3. The Labute approximate surface area is 110 Å². The van der Waals surface area contributed by atoms with E-state index in [2.05, 4.69) is 43.6 Å². The van der Waals surface area contributed by atoms with E-state index >= 15 is 0 Å². The molecule has 0 fully saturated rings. The van der Waals surface area contributed by atoms with Gasteiger partial charge in [0.05, 0.1) is 0 Å². The molecule has 0 unspecified atom stereocenters. The summed E-state index contributed by atoms with van der Waals surface area (Å²) in [6, 6.07) is 6.09. The van der Waals surface area contributed by atoms with Crippen LogP contribution in [0.5, 0.6) is 0 Å². The third-order valence-corrected chi connectivity index (χ3v) is 3.37. The van der Waals surface area contributed by atoms with Gasteiger partial charge in [0.2, 0.25) is 0 Å². The van der Waals surface area contributed by atoms with Crippen LogP contribution in [-0.4, -0.2) is 32.5 Å². The zero-order valence-electron chi connectivity index (χ0n) is 11.9. The summed E-state index contributed by atoms with van der Waals surface area (Å²) in [5.41, 5.74) is 3.00. The van der Waals surface area contributed by atoms with E-state index in [1.165, 1.54) is 5.69 Å². The van der Waals surface area contributed by atoms with Crippen molar-refractivity contribution >= 4 is 17.7 Å². The molecule has 1 aromatic carbocycles. The maximum absolute atomic E-state index is 11.1. The third kappa shape index (κ3) is 3.03. The summed E-state index contributed by atoms with van der Waals surface area (Å²) in [4.78, 5) is 15.7.